The van der Waals surface area contributed by atoms with E-state index in [2.05, 4.69) is 10.6 Å². The number of hydrogen-bond acceptors (Lipinski definition) is 4. The lowest BCUT2D eigenvalue weighted by Crippen LogP contribution is -2.31. The largest absolute Gasteiger partial charge is 0.357 e. The maximum Gasteiger partial charge on any atom is 0.255 e. The number of amides is 3. The van der Waals surface area contributed by atoms with Crippen LogP contribution < -0.4 is 10.6 Å². The molecule has 0 bridgehead atoms. The molecule has 0 radical (unpaired) electrons. The van der Waals surface area contributed by atoms with E-state index in [-0.39, 0.29) is 24.3 Å². The summed E-state index contributed by atoms with van der Waals surface area (Å²) in [5.41, 5.74) is 2.14. The maximum absolute atomic E-state index is 11.5. The van der Waals surface area contributed by atoms with Gasteiger partial charge in [0.25, 0.3) is 5.91 Å². The summed E-state index contributed by atoms with van der Waals surface area (Å²) in [4.78, 5) is 34.8. The Kier molecular flexibility index (Phi) is 3.84. The van der Waals surface area contributed by atoms with Crippen LogP contribution in [0.15, 0.2) is 36.0 Å². The van der Waals surface area contributed by atoms with Crippen LogP contribution in [0.3, 0.4) is 0 Å². The molecule has 20 heavy (non-hydrogen) atoms. The average molecular weight is 273 g/mol. The zero-order valence-electron chi connectivity index (χ0n) is 11.3. The van der Waals surface area contributed by atoms with Gasteiger partial charge in [-0.25, -0.2) is 0 Å². The minimum atomic E-state index is -0.310. The molecule has 0 spiro atoms. The van der Waals surface area contributed by atoms with Crippen molar-refractivity contribution in [3.63, 3.8) is 0 Å². The molecule has 0 aromatic heterocycles. The first kappa shape index (κ1) is 13.8. The average Bonchev–Trinajstić information content (AvgIpc) is 2.72. The van der Waals surface area contributed by atoms with Crippen molar-refractivity contribution in [2.24, 2.45) is 0 Å². The van der Waals surface area contributed by atoms with Crippen LogP contribution in [0.1, 0.15) is 13.8 Å². The number of anilines is 2. The zero-order chi connectivity index (χ0) is 14.7. The van der Waals surface area contributed by atoms with Gasteiger partial charge in [-0.2, -0.15) is 0 Å². The number of carbonyl (C=O) groups is 3. The normalized spacial score (nSPS) is 14.0. The second-order valence-electron chi connectivity index (χ2n) is 4.50. The van der Waals surface area contributed by atoms with Crippen molar-refractivity contribution in [2.75, 3.05) is 17.2 Å². The van der Waals surface area contributed by atoms with Crippen molar-refractivity contribution in [2.45, 2.75) is 13.8 Å². The van der Waals surface area contributed by atoms with Crippen LogP contribution in [0.4, 0.5) is 11.4 Å². The third kappa shape index (κ3) is 3.23. The van der Waals surface area contributed by atoms with E-state index >= 15 is 0 Å². The lowest BCUT2D eigenvalue weighted by Gasteiger charge is -2.12. The van der Waals surface area contributed by atoms with E-state index in [4.69, 9.17) is 0 Å². The van der Waals surface area contributed by atoms with Crippen LogP contribution in [0, 0.1) is 0 Å². The first-order valence-corrected chi connectivity index (χ1v) is 6.13. The molecular formula is C14H15N3O3. The number of hydrogen-bond donors (Lipinski definition) is 2. The summed E-state index contributed by atoms with van der Waals surface area (Å²) in [6, 6.07) is 7.08. The SMILES string of the molecule is CC(=O)Nc1ccc(NC2=CC(=O)N(C(C)=O)C2)cc1. The third-order valence-corrected chi connectivity index (χ3v) is 2.78. The topological polar surface area (TPSA) is 78.5 Å². The van der Waals surface area contributed by atoms with Crippen LogP contribution in [0.2, 0.25) is 0 Å². The fourth-order valence-electron chi connectivity index (χ4n) is 1.89. The Morgan fingerprint density at radius 2 is 1.70 bits per heavy atom. The van der Waals surface area contributed by atoms with E-state index in [0.717, 1.165) is 10.6 Å². The van der Waals surface area contributed by atoms with E-state index in [1.54, 1.807) is 24.3 Å². The third-order valence-electron chi connectivity index (χ3n) is 2.78. The first-order chi connectivity index (χ1) is 9.45. The van der Waals surface area contributed by atoms with Crippen molar-refractivity contribution in [1.29, 1.82) is 0 Å². The molecule has 1 aliphatic heterocycles. The van der Waals surface area contributed by atoms with E-state index in [0.29, 0.717) is 11.4 Å². The van der Waals surface area contributed by atoms with Gasteiger partial charge in [0.1, 0.15) is 0 Å². The van der Waals surface area contributed by atoms with Gasteiger partial charge in [0.2, 0.25) is 11.8 Å². The number of nitrogens with zero attached hydrogens (tertiary/aromatic N) is 1. The van der Waals surface area contributed by atoms with Crippen molar-refractivity contribution in [3.8, 4) is 0 Å². The van der Waals surface area contributed by atoms with Gasteiger partial charge < -0.3 is 10.6 Å². The number of benzene rings is 1. The molecule has 3 amide bonds. The van der Waals surface area contributed by atoms with Crippen LogP contribution >= 0.6 is 0 Å². The van der Waals surface area contributed by atoms with Gasteiger partial charge in [-0.1, -0.05) is 0 Å². The quantitative estimate of drug-likeness (QED) is 0.870. The molecule has 0 saturated carbocycles. The summed E-state index contributed by atoms with van der Waals surface area (Å²) < 4.78 is 0. The van der Waals surface area contributed by atoms with Crippen LogP contribution in [0.5, 0.6) is 0 Å². The predicted octanol–water partition coefficient (Wildman–Crippen LogP) is 1.33. The molecule has 0 fully saturated rings. The van der Waals surface area contributed by atoms with Gasteiger partial charge in [0, 0.05) is 37.0 Å². The fourth-order valence-corrected chi connectivity index (χ4v) is 1.89. The van der Waals surface area contributed by atoms with E-state index in [9.17, 15) is 14.4 Å². The van der Waals surface area contributed by atoms with Crippen molar-refractivity contribution in [1.82, 2.24) is 4.90 Å². The number of carbonyl (C=O) groups excluding carboxylic acids is 3. The molecule has 0 saturated heterocycles. The summed E-state index contributed by atoms with van der Waals surface area (Å²) >= 11 is 0. The Bertz CT molecular complexity index is 590. The molecule has 1 aromatic rings. The molecule has 0 atom stereocenters. The first-order valence-electron chi connectivity index (χ1n) is 6.13. The molecule has 0 unspecified atom stereocenters. The Morgan fingerprint density at radius 1 is 1.10 bits per heavy atom. The zero-order valence-corrected chi connectivity index (χ0v) is 11.3. The van der Waals surface area contributed by atoms with Crippen LogP contribution in [-0.4, -0.2) is 29.2 Å². The molecule has 1 heterocycles. The maximum atomic E-state index is 11.5. The predicted molar refractivity (Wildman–Crippen MR) is 74.8 cm³/mol. The molecule has 2 N–H and O–H groups in total. The molecule has 1 aliphatic rings. The molecule has 0 aliphatic carbocycles. The number of rotatable bonds is 3. The summed E-state index contributed by atoms with van der Waals surface area (Å²) in [5, 5.41) is 5.74. The molecule has 2 rings (SSSR count). The van der Waals surface area contributed by atoms with Gasteiger partial charge in [-0.3, -0.25) is 19.3 Å². The number of nitrogens with one attached hydrogen (secondary N) is 2. The molecular weight excluding hydrogens is 258 g/mol. The van der Waals surface area contributed by atoms with Crippen LogP contribution in [0.25, 0.3) is 0 Å². The monoisotopic (exact) mass is 273 g/mol. The van der Waals surface area contributed by atoms with Crippen molar-refractivity contribution in [3.05, 3.63) is 36.0 Å². The highest BCUT2D eigenvalue weighted by molar-refractivity contribution is 6.03. The van der Waals surface area contributed by atoms with Crippen molar-refractivity contribution < 1.29 is 14.4 Å². The van der Waals surface area contributed by atoms with E-state index in [1.807, 2.05) is 0 Å². The second kappa shape index (κ2) is 5.56. The second-order valence-corrected chi connectivity index (χ2v) is 4.50. The van der Waals surface area contributed by atoms with Gasteiger partial charge in [-0.15, -0.1) is 0 Å². The summed E-state index contributed by atoms with van der Waals surface area (Å²) in [6.07, 6.45) is 1.41. The minimum Gasteiger partial charge on any atom is -0.357 e. The Labute approximate surface area is 116 Å². The minimum absolute atomic E-state index is 0.132. The molecule has 1 aromatic carbocycles. The standard InChI is InChI=1S/C14H15N3O3/c1-9(18)15-11-3-5-12(6-4-11)16-13-7-14(20)17(8-13)10(2)19/h3-7,16H,8H2,1-2H3,(H,15,18). The smallest absolute Gasteiger partial charge is 0.255 e. The number of imide groups is 1. The lowest BCUT2D eigenvalue weighted by atomic mass is 10.2. The Morgan fingerprint density at radius 3 is 2.20 bits per heavy atom. The van der Waals surface area contributed by atoms with E-state index < -0.39 is 0 Å². The molecule has 6 nitrogen and oxygen atoms in total. The van der Waals surface area contributed by atoms with Gasteiger partial charge >= 0.3 is 0 Å². The highest BCUT2D eigenvalue weighted by Crippen LogP contribution is 2.18. The van der Waals surface area contributed by atoms with Gasteiger partial charge in [-0.05, 0) is 24.3 Å². The van der Waals surface area contributed by atoms with Gasteiger partial charge in [0.15, 0.2) is 0 Å². The van der Waals surface area contributed by atoms with Crippen LogP contribution in [-0.2, 0) is 14.4 Å². The lowest BCUT2D eigenvalue weighted by molar-refractivity contribution is -0.138. The van der Waals surface area contributed by atoms with Crippen molar-refractivity contribution >= 4 is 29.1 Å². The summed E-state index contributed by atoms with van der Waals surface area (Å²) in [6.45, 7) is 3.05. The Hall–Kier alpha value is -2.63. The fraction of sp³-hybridized carbons (Fsp3) is 0.214. The van der Waals surface area contributed by atoms with E-state index in [1.165, 1.54) is 19.9 Å². The highest BCUT2D eigenvalue weighted by Gasteiger charge is 2.24. The van der Waals surface area contributed by atoms with Gasteiger partial charge in [0.05, 0.1) is 6.54 Å². The molecule has 6 heteroatoms. The Balaban J connectivity index is 2.01. The summed E-state index contributed by atoms with van der Waals surface area (Å²) in [7, 11) is 0. The summed E-state index contributed by atoms with van der Waals surface area (Å²) in [5.74, 6) is -0.717. The highest BCUT2D eigenvalue weighted by atomic mass is 16.2. The molecule has 104 valence electrons.